The number of nitrogen functional groups attached to an aromatic ring is 1. The Kier molecular flexibility index (Phi) is 3.06. The number of ether oxygens (including phenoxy) is 1. The lowest BCUT2D eigenvalue weighted by atomic mass is 10.0. The molecule has 0 bridgehead atoms. The minimum Gasteiger partial charge on any atom is -0.496 e. The molecule has 3 aromatic rings. The lowest BCUT2D eigenvalue weighted by molar-refractivity contribution is 0.408. The predicted molar refractivity (Wildman–Crippen MR) is 81.0 cm³/mol. The topological polar surface area (TPSA) is 53.1 Å². The summed E-state index contributed by atoms with van der Waals surface area (Å²) in [6, 6.07) is 14.2. The quantitative estimate of drug-likeness (QED) is 0.793. The number of nitrogens with two attached hydrogens (primary N) is 1. The van der Waals surface area contributed by atoms with Crippen LogP contribution < -0.4 is 10.5 Å². The van der Waals surface area contributed by atoms with Crippen LogP contribution in [0.25, 0.3) is 10.8 Å². The van der Waals surface area contributed by atoms with E-state index in [0.717, 1.165) is 17.0 Å². The number of rotatable bonds is 3. The average Bonchev–Trinajstić information content (AvgIpc) is 2.77. The van der Waals surface area contributed by atoms with Gasteiger partial charge in [0.05, 0.1) is 19.3 Å². The number of methoxy groups -OCH3 is 1. The number of hydrogen-bond donors (Lipinski definition) is 1. The van der Waals surface area contributed by atoms with Gasteiger partial charge in [-0.15, -0.1) is 0 Å². The van der Waals surface area contributed by atoms with Crippen LogP contribution in [0.4, 0.5) is 5.82 Å². The highest BCUT2D eigenvalue weighted by Crippen LogP contribution is 2.29. The van der Waals surface area contributed by atoms with Gasteiger partial charge in [0, 0.05) is 11.6 Å². The van der Waals surface area contributed by atoms with Gasteiger partial charge in [-0.1, -0.05) is 30.3 Å². The monoisotopic (exact) mass is 267 g/mol. The highest BCUT2D eigenvalue weighted by atomic mass is 16.5. The van der Waals surface area contributed by atoms with Crippen LogP contribution in [-0.2, 0) is 6.54 Å². The van der Waals surface area contributed by atoms with Gasteiger partial charge in [-0.3, -0.25) is 0 Å². The second-order valence-corrected chi connectivity index (χ2v) is 4.84. The molecule has 0 fully saturated rings. The number of aromatic nitrogens is 2. The average molecular weight is 267 g/mol. The molecule has 20 heavy (non-hydrogen) atoms. The standard InChI is InChI=1S/C16H17N3O/c1-11-9-16(17)19(18-11)10-14-13-6-4-3-5-12(13)7-8-15(14)20-2/h3-9H,10,17H2,1-2H3. The summed E-state index contributed by atoms with van der Waals surface area (Å²) in [5.41, 5.74) is 8.00. The summed E-state index contributed by atoms with van der Waals surface area (Å²) < 4.78 is 7.30. The van der Waals surface area contributed by atoms with Gasteiger partial charge in [-0.25, -0.2) is 4.68 Å². The first kappa shape index (κ1) is 12.5. The zero-order valence-corrected chi connectivity index (χ0v) is 11.6. The molecular formula is C16H17N3O. The van der Waals surface area contributed by atoms with E-state index < -0.39 is 0 Å². The Bertz CT molecular complexity index is 762. The number of hydrogen-bond acceptors (Lipinski definition) is 3. The van der Waals surface area contributed by atoms with Crippen molar-refractivity contribution >= 4 is 16.6 Å². The first-order valence-corrected chi connectivity index (χ1v) is 6.53. The number of nitrogens with zero attached hydrogens (tertiary/aromatic N) is 2. The molecule has 0 saturated carbocycles. The first-order valence-electron chi connectivity index (χ1n) is 6.53. The smallest absolute Gasteiger partial charge is 0.124 e. The van der Waals surface area contributed by atoms with E-state index in [1.807, 2.05) is 31.2 Å². The van der Waals surface area contributed by atoms with Crippen LogP contribution in [0.2, 0.25) is 0 Å². The molecule has 0 aliphatic heterocycles. The van der Waals surface area contributed by atoms with Gasteiger partial charge < -0.3 is 10.5 Å². The zero-order chi connectivity index (χ0) is 14.1. The highest BCUT2D eigenvalue weighted by Gasteiger charge is 2.11. The second kappa shape index (κ2) is 4.89. The van der Waals surface area contributed by atoms with Gasteiger partial charge in [-0.2, -0.15) is 5.10 Å². The molecule has 3 rings (SSSR count). The fourth-order valence-corrected chi connectivity index (χ4v) is 2.51. The first-order chi connectivity index (χ1) is 9.69. The van der Waals surface area contributed by atoms with Crippen molar-refractivity contribution in [2.24, 2.45) is 0 Å². The predicted octanol–water partition coefficient (Wildman–Crippen LogP) is 2.98. The van der Waals surface area contributed by atoms with Crippen LogP contribution >= 0.6 is 0 Å². The van der Waals surface area contributed by atoms with Crippen molar-refractivity contribution in [3.63, 3.8) is 0 Å². The molecule has 0 aliphatic carbocycles. The maximum atomic E-state index is 5.98. The van der Waals surface area contributed by atoms with E-state index in [2.05, 4.69) is 23.3 Å². The summed E-state index contributed by atoms with van der Waals surface area (Å²) in [6.07, 6.45) is 0. The molecule has 2 aromatic carbocycles. The van der Waals surface area contributed by atoms with Crippen molar-refractivity contribution in [1.29, 1.82) is 0 Å². The van der Waals surface area contributed by atoms with Gasteiger partial charge >= 0.3 is 0 Å². The second-order valence-electron chi connectivity index (χ2n) is 4.84. The van der Waals surface area contributed by atoms with Crippen LogP contribution in [0.3, 0.4) is 0 Å². The van der Waals surface area contributed by atoms with Crippen LogP contribution in [0.1, 0.15) is 11.3 Å². The number of fused-ring (bicyclic) bond motifs is 1. The van der Waals surface area contributed by atoms with Crippen LogP contribution in [0.5, 0.6) is 5.75 Å². The normalized spacial score (nSPS) is 10.9. The van der Waals surface area contributed by atoms with Crippen molar-refractivity contribution in [3.05, 3.63) is 53.7 Å². The minimum atomic E-state index is 0.601. The molecule has 1 heterocycles. The van der Waals surface area contributed by atoms with E-state index in [4.69, 9.17) is 10.5 Å². The molecule has 0 atom stereocenters. The Balaban J connectivity index is 2.16. The molecule has 1 aromatic heterocycles. The Morgan fingerprint density at radius 1 is 1.20 bits per heavy atom. The summed E-state index contributed by atoms with van der Waals surface area (Å²) in [7, 11) is 1.69. The van der Waals surface area contributed by atoms with Crippen molar-refractivity contribution in [2.75, 3.05) is 12.8 Å². The molecule has 102 valence electrons. The highest BCUT2D eigenvalue weighted by molar-refractivity contribution is 5.87. The molecular weight excluding hydrogens is 250 g/mol. The van der Waals surface area contributed by atoms with Crippen molar-refractivity contribution in [3.8, 4) is 5.75 Å². The molecule has 4 nitrogen and oxygen atoms in total. The molecule has 0 amide bonds. The molecule has 0 aliphatic rings. The number of anilines is 1. The summed E-state index contributed by atoms with van der Waals surface area (Å²) in [5.74, 6) is 1.52. The minimum absolute atomic E-state index is 0.601. The summed E-state index contributed by atoms with van der Waals surface area (Å²) in [4.78, 5) is 0. The Hall–Kier alpha value is -2.49. The van der Waals surface area contributed by atoms with Crippen LogP contribution in [0, 0.1) is 6.92 Å². The molecule has 0 unspecified atom stereocenters. The van der Waals surface area contributed by atoms with E-state index in [-0.39, 0.29) is 0 Å². The van der Waals surface area contributed by atoms with Gasteiger partial charge in [-0.05, 0) is 23.8 Å². The van der Waals surface area contributed by atoms with Gasteiger partial charge in [0.25, 0.3) is 0 Å². The third-order valence-electron chi connectivity index (χ3n) is 3.46. The number of aryl methyl sites for hydroxylation is 1. The van der Waals surface area contributed by atoms with E-state index >= 15 is 0 Å². The van der Waals surface area contributed by atoms with E-state index in [0.29, 0.717) is 12.4 Å². The summed E-state index contributed by atoms with van der Waals surface area (Å²) in [6.45, 7) is 2.54. The summed E-state index contributed by atoms with van der Waals surface area (Å²) >= 11 is 0. The molecule has 0 radical (unpaired) electrons. The van der Waals surface area contributed by atoms with Crippen molar-refractivity contribution in [1.82, 2.24) is 9.78 Å². The maximum absolute atomic E-state index is 5.98. The van der Waals surface area contributed by atoms with Gasteiger partial charge in [0.2, 0.25) is 0 Å². The Morgan fingerprint density at radius 2 is 2.00 bits per heavy atom. The fourth-order valence-electron chi connectivity index (χ4n) is 2.51. The van der Waals surface area contributed by atoms with Gasteiger partial charge in [0.15, 0.2) is 0 Å². The van der Waals surface area contributed by atoms with E-state index in [1.54, 1.807) is 11.8 Å². The van der Waals surface area contributed by atoms with E-state index in [1.165, 1.54) is 10.8 Å². The SMILES string of the molecule is COc1ccc2ccccc2c1Cn1nc(C)cc1N. The van der Waals surface area contributed by atoms with Crippen LogP contribution in [0.15, 0.2) is 42.5 Å². The molecule has 0 spiro atoms. The molecule has 0 saturated heterocycles. The maximum Gasteiger partial charge on any atom is 0.124 e. The third kappa shape index (κ3) is 2.09. The Morgan fingerprint density at radius 3 is 2.70 bits per heavy atom. The fraction of sp³-hybridized carbons (Fsp3) is 0.188. The number of benzene rings is 2. The van der Waals surface area contributed by atoms with Crippen molar-refractivity contribution in [2.45, 2.75) is 13.5 Å². The third-order valence-corrected chi connectivity index (χ3v) is 3.46. The van der Waals surface area contributed by atoms with E-state index in [9.17, 15) is 0 Å². The zero-order valence-electron chi connectivity index (χ0n) is 11.6. The molecule has 4 heteroatoms. The Labute approximate surface area is 117 Å². The summed E-state index contributed by atoms with van der Waals surface area (Å²) in [5, 5.41) is 6.78. The largest absolute Gasteiger partial charge is 0.496 e. The van der Waals surface area contributed by atoms with Crippen molar-refractivity contribution < 1.29 is 4.74 Å². The lowest BCUT2D eigenvalue weighted by Crippen LogP contribution is -2.07. The molecule has 2 N–H and O–H groups in total. The van der Waals surface area contributed by atoms with Gasteiger partial charge in [0.1, 0.15) is 11.6 Å². The lowest BCUT2D eigenvalue weighted by Gasteiger charge is -2.13. The van der Waals surface area contributed by atoms with Crippen LogP contribution in [-0.4, -0.2) is 16.9 Å².